The average molecular weight is 271 g/mol. The Labute approximate surface area is 112 Å². The molecule has 2 amide bonds. The van der Waals surface area contributed by atoms with Crippen LogP contribution in [0.1, 0.15) is 30.8 Å². The van der Waals surface area contributed by atoms with Gasteiger partial charge in [0.2, 0.25) is 0 Å². The van der Waals surface area contributed by atoms with Gasteiger partial charge < -0.3 is 10.4 Å². The first kappa shape index (κ1) is 14.9. The van der Waals surface area contributed by atoms with Crippen molar-refractivity contribution in [1.82, 2.24) is 10.3 Å². The fourth-order valence-electron chi connectivity index (χ4n) is 1.59. The zero-order valence-corrected chi connectivity index (χ0v) is 12.1. The summed E-state index contributed by atoms with van der Waals surface area (Å²) >= 11 is 1.45. The van der Waals surface area contributed by atoms with E-state index in [-0.39, 0.29) is 18.7 Å². The lowest BCUT2D eigenvalue weighted by Crippen LogP contribution is -2.40. The monoisotopic (exact) mass is 271 g/mol. The van der Waals surface area contributed by atoms with Crippen LogP contribution in [0.25, 0.3) is 0 Å². The number of aryl methyl sites for hydroxylation is 2. The van der Waals surface area contributed by atoms with Crippen molar-refractivity contribution in [3.63, 3.8) is 0 Å². The summed E-state index contributed by atoms with van der Waals surface area (Å²) in [6.07, 6.45) is 0.750. The van der Waals surface area contributed by atoms with Gasteiger partial charge in [-0.3, -0.25) is 5.32 Å². The highest BCUT2D eigenvalue weighted by molar-refractivity contribution is 7.15. The minimum Gasteiger partial charge on any atom is -0.394 e. The summed E-state index contributed by atoms with van der Waals surface area (Å²) in [6, 6.07) is -0.532. The zero-order chi connectivity index (χ0) is 13.7. The van der Waals surface area contributed by atoms with Crippen LogP contribution < -0.4 is 10.6 Å². The lowest BCUT2D eigenvalue weighted by Gasteiger charge is -2.17. The van der Waals surface area contributed by atoms with Crippen molar-refractivity contribution in [2.45, 2.75) is 40.2 Å². The summed E-state index contributed by atoms with van der Waals surface area (Å²) in [4.78, 5) is 17.0. The van der Waals surface area contributed by atoms with Crippen LogP contribution in [0.15, 0.2) is 0 Å². The van der Waals surface area contributed by atoms with Crippen molar-refractivity contribution in [3.05, 3.63) is 10.6 Å². The lowest BCUT2D eigenvalue weighted by molar-refractivity contribution is 0.214. The van der Waals surface area contributed by atoms with Crippen molar-refractivity contribution in [3.8, 4) is 0 Å². The zero-order valence-electron chi connectivity index (χ0n) is 11.3. The van der Waals surface area contributed by atoms with E-state index in [0.717, 1.165) is 17.0 Å². The molecule has 0 saturated carbocycles. The molecule has 3 N–H and O–H groups in total. The Morgan fingerprint density at radius 1 is 1.44 bits per heavy atom. The van der Waals surface area contributed by atoms with Gasteiger partial charge in [-0.2, -0.15) is 0 Å². The number of rotatable bonds is 5. The van der Waals surface area contributed by atoms with Crippen molar-refractivity contribution >= 4 is 22.5 Å². The second-order valence-electron chi connectivity index (χ2n) is 4.77. The van der Waals surface area contributed by atoms with Crippen molar-refractivity contribution in [2.75, 3.05) is 11.9 Å². The molecule has 1 rings (SSSR count). The number of carbonyl (C=O) groups is 1. The van der Waals surface area contributed by atoms with Crippen LogP contribution in [0.3, 0.4) is 0 Å². The Morgan fingerprint density at radius 2 is 2.11 bits per heavy atom. The lowest BCUT2D eigenvalue weighted by atomic mass is 10.0. The molecule has 102 valence electrons. The summed E-state index contributed by atoms with van der Waals surface area (Å²) in [7, 11) is 0. The Bertz CT molecular complexity index is 385. The van der Waals surface area contributed by atoms with Crippen LogP contribution in [-0.2, 0) is 0 Å². The molecule has 0 fully saturated rings. The molecule has 6 heteroatoms. The molecule has 5 nitrogen and oxygen atoms in total. The van der Waals surface area contributed by atoms with Crippen LogP contribution >= 0.6 is 11.3 Å². The number of carbonyl (C=O) groups excluding carboxylic acids is 1. The molecule has 1 aromatic rings. The van der Waals surface area contributed by atoms with Gasteiger partial charge in [-0.05, 0) is 26.2 Å². The van der Waals surface area contributed by atoms with Crippen molar-refractivity contribution in [1.29, 1.82) is 0 Å². The highest BCUT2D eigenvalue weighted by atomic mass is 32.1. The molecule has 1 atom stereocenters. The van der Waals surface area contributed by atoms with Crippen LogP contribution in [0.2, 0.25) is 0 Å². The second-order valence-corrected chi connectivity index (χ2v) is 5.97. The van der Waals surface area contributed by atoms with E-state index in [1.54, 1.807) is 0 Å². The molecule has 0 aliphatic heterocycles. The minimum absolute atomic E-state index is 0.0540. The molecule has 0 radical (unpaired) electrons. The molecule has 1 aromatic heterocycles. The van der Waals surface area contributed by atoms with E-state index in [1.807, 2.05) is 13.8 Å². The fraction of sp³-hybridized carbons (Fsp3) is 0.667. The molecule has 18 heavy (non-hydrogen) atoms. The fourth-order valence-corrected chi connectivity index (χ4v) is 2.40. The van der Waals surface area contributed by atoms with Crippen LogP contribution in [0, 0.1) is 19.8 Å². The Hall–Kier alpha value is -1.14. The van der Waals surface area contributed by atoms with E-state index in [0.29, 0.717) is 11.0 Å². The third-order valence-electron chi connectivity index (χ3n) is 2.56. The van der Waals surface area contributed by atoms with Gasteiger partial charge in [-0.1, -0.05) is 13.8 Å². The SMILES string of the molecule is Cc1nc(NC(=O)N[C@H](CO)CC(C)C)sc1C. The molecule has 0 aliphatic carbocycles. The van der Waals surface area contributed by atoms with Gasteiger partial charge in [0.1, 0.15) is 0 Å². The van der Waals surface area contributed by atoms with E-state index in [1.165, 1.54) is 11.3 Å². The topological polar surface area (TPSA) is 74.2 Å². The summed E-state index contributed by atoms with van der Waals surface area (Å²) in [6.45, 7) is 7.92. The third kappa shape index (κ3) is 4.62. The number of hydrogen-bond acceptors (Lipinski definition) is 4. The number of anilines is 1. The highest BCUT2D eigenvalue weighted by Gasteiger charge is 2.14. The minimum atomic E-state index is -0.316. The molecule has 0 spiro atoms. The smallest absolute Gasteiger partial charge is 0.321 e. The number of nitrogens with zero attached hydrogens (tertiary/aromatic N) is 1. The first-order valence-electron chi connectivity index (χ1n) is 6.04. The standard InChI is InChI=1S/C12H21N3O2S/c1-7(2)5-10(6-16)14-11(17)15-12-13-8(3)9(4)18-12/h7,10,16H,5-6H2,1-4H3,(H2,13,14,15,17)/t10-/m0/s1. The Kier molecular flexibility index (Phi) is 5.55. The number of hydrogen-bond donors (Lipinski definition) is 3. The van der Waals surface area contributed by atoms with Crippen LogP contribution in [0.5, 0.6) is 0 Å². The van der Waals surface area contributed by atoms with Gasteiger partial charge in [-0.25, -0.2) is 9.78 Å². The van der Waals surface area contributed by atoms with Gasteiger partial charge in [0.25, 0.3) is 0 Å². The molecule has 0 aliphatic rings. The van der Waals surface area contributed by atoms with Crippen LogP contribution in [0.4, 0.5) is 9.93 Å². The van der Waals surface area contributed by atoms with E-state index in [9.17, 15) is 9.90 Å². The number of aliphatic hydroxyl groups is 1. The quantitative estimate of drug-likeness (QED) is 0.769. The van der Waals surface area contributed by atoms with Gasteiger partial charge in [0.15, 0.2) is 5.13 Å². The third-order valence-corrected chi connectivity index (χ3v) is 3.55. The molecule has 0 aromatic carbocycles. The van der Waals surface area contributed by atoms with Gasteiger partial charge in [0.05, 0.1) is 18.3 Å². The predicted molar refractivity (Wildman–Crippen MR) is 74.1 cm³/mol. The van der Waals surface area contributed by atoms with E-state index in [2.05, 4.69) is 29.5 Å². The first-order valence-corrected chi connectivity index (χ1v) is 6.86. The number of thiazole rings is 1. The summed E-state index contributed by atoms with van der Waals surface area (Å²) < 4.78 is 0. The molecule has 0 bridgehead atoms. The highest BCUT2D eigenvalue weighted by Crippen LogP contribution is 2.20. The van der Waals surface area contributed by atoms with Crippen molar-refractivity contribution in [2.24, 2.45) is 5.92 Å². The van der Waals surface area contributed by atoms with E-state index >= 15 is 0 Å². The Balaban J connectivity index is 2.50. The maximum Gasteiger partial charge on any atom is 0.321 e. The summed E-state index contributed by atoms with van der Waals surface area (Å²) in [5.74, 6) is 0.423. The van der Waals surface area contributed by atoms with Crippen molar-refractivity contribution < 1.29 is 9.90 Å². The molecular weight excluding hydrogens is 250 g/mol. The number of aromatic nitrogens is 1. The second kappa shape index (κ2) is 6.70. The van der Waals surface area contributed by atoms with Gasteiger partial charge in [-0.15, -0.1) is 11.3 Å². The number of nitrogens with one attached hydrogen (secondary N) is 2. The van der Waals surface area contributed by atoms with Gasteiger partial charge in [0, 0.05) is 4.88 Å². The average Bonchev–Trinajstić information content (AvgIpc) is 2.56. The molecule has 0 unspecified atom stereocenters. The predicted octanol–water partition coefficient (Wildman–Crippen LogP) is 2.29. The van der Waals surface area contributed by atoms with Crippen LogP contribution in [-0.4, -0.2) is 28.8 Å². The summed E-state index contributed by atoms with van der Waals surface area (Å²) in [5, 5.41) is 15.2. The molecular formula is C12H21N3O2S. The largest absolute Gasteiger partial charge is 0.394 e. The maximum absolute atomic E-state index is 11.7. The molecule has 1 heterocycles. The number of aliphatic hydroxyl groups excluding tert-OH is 1. The molecule has 0 saturated heterocycles. The summed E-state index contributed by atoms with van der Waals surface area (Å²) in [5.41, 5.74) is 0.927. The number of urea groups is 1. The van der Waals surface area contributed by atoms with Gasteiger partial charge >= 0.3 is 6.03 Å². The Morgan fingerprint density at radius 3 is 2.56 bits per heavy atom. The normalized spacial score (nSPS) is 12.6. The maximum atomic E-state index is 11.7. The first-order chi connectivity index (χ1) is 8.42. The van der Waals surface area contributed by atoms with E-state index < -0.39 is 0 Å². The number of amides is 2. The van der Waals surface area contributed by atoms with E-state index in [4.69, 9.17) is 0 Å².